The van der Waals surface area contributed by atoms with Gasteiger partial charge in [0.15, 0.2) is 0 Å². The number of rotatable bonds is 22. The maximum Gasteiger partial charge on any atom is 0.326 e. The van der Waals surface area contributed by atoms with E-state index in [1.807, 2.05) is 113 Å². The van der Waals surface area contributed by atoms with Crippen LogP contribution in [0.5, 0.6) is 0 Å². The van der Waals surface area contributed by atoms with Gasteiger partial charge in [-0.25, -0.2) is 4.79 Å². The lowest BCUT2D eigenvalue weighted by atomic mass is 9.87. The molecule has 4 aromatic rings. The number of amides is 3. The van der Waals surface area contributed by atoms with E-state index in [2.05, 4.69) is 16.0 Å². The van der Waals surface area contributed by atoms with Crippen molar-refractivity contribution in [2.24, 2.45) is 23.5 Å². The summed E-state index contributed by atoms with van der Waals surface area (Å²) in [6.07, 6.45) is -0.245. The van der Waals surface area contributed by atoms with Gasteiger partial charge in [-0.2, -0.15) is 0 Å². The standard InChI is InChI=1S/C45H58N4O8.ClH.H2O/c1-27(2)22-38(40(50)26-41(51)47-37(45(56)57)21-11-20-36(46)44(54)55)48-43(53)39(23-28(3)4)49-42(52)33(24-31-16-9-14-29-12-5-7-18-34(29)31)25-32-17-10-15-30-13-6-8-19-35(30)32;;/h5-10,12-19,27-28,33,36-40,50H,11,20-26,46H2,1-4H3,(H,47,51)(H,48,53)(H,49,52)(H,54,55)(H,56,57);1H;1H2/t36?,37?,38-,39-,40-;;/m0../s1. The molecule has 13 nitrogen and oxygen atoms in total. The fourth-order valence-electron chi connectivity index (χ4n) is 7.33. The molecular weight excluding hydrogens is 776 g/mol. The summed E-state index contributed by atoms with van der Waals surface area (Å²) in [6.45, 7) is 7.73. The van der Waals surface area contributed by atoms with Crippen LogP contribution in [0, 0.1) is 17.8 Å². The van der Waals surface area contributed by atoms with E-state index in [1.165, 1.54) is 0 Å². The second-order valence-corrected chi connectivity index (χ2v) is 15.9. The van der Waals surface area contributed by atoms with E-state index in [1.54, 1.807) is 0 Å². The van der Waals surface area contributed by atoms with Crippen molar-refractivity contribution < 1.29 is 44.8 Å². The van der Waals surface area contributed by atoms with Crippen LogP contribution in [0.25, 0.3) is 21.5 Å². The summed E-state index contributed by atoms with van der Waals surface area (Å²) in [6, 6.07) is 23.9. The van der Waals surface area contributed by atoms with Crippen LogP contribution in [0.3, 0.4) is 0 Å². The van der Waals surface area contributed by atoms with Gasteiger partial charge >= 0.3 is 11.9 Å². The molecule has 0 aromatic heterocycles. The molecule has 14 heteroatoms. The zero-order chi connectivity index (χ0) is 41.6. The first-order valence-electron chi connectivity index (χ1n) is 19.9. The number of nitrogens with two attached hydrogens (primary N) is 1. The third kappa shape index (κ3) is 15.2. The molecule has 0 spiro atoms. The number of nitrogens with one attached hydrogen (secondary N) is 3. The van der Waals surface area contributed by atoms with Crippen molar-refractivity contribution in [3.05, 3.63) is 96.1 Å². The van der Waals surface area contributed by atoms with Gasteiger partial charge < -0.3 is 42.5 Å². The molecule has 0 aliphatic rings. The van der Waals surface area contributed by atoms with Crippen LogP contribution in [-0.4, -0.2) is 80.7 Å². The molecule has 0 saturated heterocycles. The van der Waals surface area contributed by atoms with E-state index in [-0.39, 0.29) is 54.9 Å². The molecule has 5 atom stereocenters. The first-order chi connectivity index (χ1) is 27.1. The Bertz CT molecular complexity index is 1920. The third-order valence-corrected chi connectivity index (χ3v) is 10.3. The third-order valence-electron chi connectivity index (χ3n) is 10.3. The van der Waals surface area contributed by atoms with Crippen LogP contribution < -0.4 is 21.7 Å². The van der Waals surface area contributed by atoms with Gasteiger partial charge in [0.25, 0.3) is 0 Å². The maximum absolute atomic E-state index is 14.5. The number of benzene rings is 4. The number of carboxylic acid groups (broad SMARTS) is 2. The molecule has 322 valence electrons. The van der Waals surface area contributed by atoms with Crippen LogP contribution in [0.1, 0.15) is 77.3 Å². The molecule has 0 saturated carbocycles. The van der Waals surface area contributed by atoms with Crippen molar-refractivity contribution in [2.45, 2.75) is 109 Å². The van der Waals surface area contributed by atoms with Crippen LogP contribution >= 0.6 is 12.4 Å². The lowest BCUT2D eigenvalue weighted by molar-refractivity contribution is -0.142. The number of carboxylic acids is 2. The Morgan fingerprint density at radius 2 is 1.14 bits per heavy atom. The smallest absolute Gasteiger partial charge is 0.326 e. The van der Waals surface area contributed by atoms with Crippen LogP contribution in [0.4, 0.5) is 0 Å². The predicted octanol–water partition coefficient (Wildman–Crippen LogP) is 4.96. The van der Waals surface area contributed by atoms with Gasteiger partial charge in [0.05, 0.1) is 18.6 Å². The molecule has 4 rings (SSSR count). The van der Waals surface area contributed by atoms with E-state index in [0.29, 0.717) is 25.7 Å². The van der Waals surface area contributed by atoms with Crippen molar-refractivity contribution >= 4 is 63.6 Å². The van der Waals surface area contributed by atoms with Gasteiger partial charge in [-0.3, -0.25) is 19.2 Å². The first kappa shape index (κ1) is 50.1. The van der Waals surface area contributed by atoms with Gasteiger partial charge in [-0.05, 0) is 89.5 Å². The molecule has 4 aromatic carbocycles. The van der Waals surface area contributed by atoms with Crippen molar-refractivity contribution in [3.63, 3.8) is 0 Å². The highest BCUT2D eigenvalue weighted by molar-refractivity contribution is 5.91. The highest BCUT2D eigenvalue weighted by atomic mass is 35.5. The van der Waals surface area contributed by atoms with Gasteiger partial charge in [0.2, 0.25) is 17.7 Å². The summed E-state index contributed by atoms with van der Waals surface area (Å²) in [4.78, 5) is 64.5. The molecule has 2 unspecified atom stereocenters. The topological polar surface area (TPSA) is 240 Å². The fourth-order valence-corrected chi connectivity index (χ4v) is 7.33. The quantitative estimate of drug-likeness (QED) is 0.0566. The zero-order valence-corrected chi connectivity index (χ0v) is 35.0. The summed E-state index contributed by atoms with van der Waals surface area (Å²) >= 11 is 0. The Balaban J connectivity index is 0.00000600. The fraction of sp³-hybridized carbons (Fsp3) is 0.444. The van der Waals surface area contributed by atoms with E-state index >= 15 is 0 Å². The molecule has 0 aliphatic heterocycles. The minimum Gasteiger partial charge on any atom is -0.480 e. The van der Waals surface area contributed by atoms with Crippen molar-refractivity contribution in [1.29, 1.82) is 0 Å². The Hall–Kier alpha value is -5.08. The molecular formula is C45H61ClN4O9. The van der Waals surface area contributed by atoms with Crippen molar-refractivity contribution in [3.8, 4) is 0 Å². The summed E-state index contributed by atoms with van der Waals surface area (Å²) < 4.78 is 0. The molecule has 0 heterocycles. The molecule has 0 fully saturated rings. The van der Waals surface area contributed by atoms with Gasteiger partial charge in [-0.15, -0.1) is 12.4 Å². The number of hydrogen-bond donors (Lipinski definition) is 7. The SMILES string of the molecule is CC(C)C[C@H](NC(=O)C(Cc1cccc2ccccc12)Cc1cccc2ccccc12)C(=O)N[C@@H](CC(C)C)[C@@H](O)CC(=O)NC(CCCC(N)C(=O)O)C(=O)O.Cl.O. The number of aliphatic hydroxyl groups is 1. The minimum absolute atomic E-state index is 0. The minimum atomic E-state index is -1.37. The van der Waals surface area contributed by atoms with Crippen molar-refractivity contribution in [1.82, 2.24) is 16.0 Å². The zero-order valence-electron chi connectivity index (χ0n) is 34.2. The Kier molecular flexibility index (Phi) is 20.5. The lowest BCUT2D eigenvalue weighted by Crippen LogP contribution is -2.55. The number of carbonyl (C=O) groups is 5. The monoisotopic (exact) mass is 836 g/mol. The molecule has 0 aliphatic carbocycles. The summed E-state index contributed by atoms with van der Waals surface area (Å²) in [5.74, 6) is -4.53. The normalized spacial score (nSPS) is 13.8. The van der Waals surface area contributed by atoms with Crippen LogP contribution in [0.15, 0.2) is 84.9 Å². The number of hydrogen-bond acceptors (Lipinski definition) is 7. The lowest BCUT2D eigenvalue weighted by Gasteiger charge is -2.29. The van der Waals surface area contributed by atoms with Gasteiger partial charge in [0.1, 0.15) is 18.1 Å². The van der Waals surface area contributed by atoms with Crippen LogP contribution in [-0.2, 0) is 36.8 Å². The number of fused-ring (bicyclic) bond motifs is 2. The molecule has 0 bridgehead atoms. The Morgan fingerprint density at radius 3 is 1.63 bits per heavy atom. The maximum atomic E-state index is 14.5. The van der Waals surface area contributed by atoms with E-state index in [4.69, 9.17) is 10.8 Å². The summed E-state index contributed by atoms with van der Waals surface area (Å²) in [5.41, 5.74) is 7.56. The second-order valence-electron chi connectivity index (χ2n) is 15.9. The number of aliphatic carboxylic acids is 2. The van der Waals surface area contributed by atoms with E-state index in [9.17, 15) is 34.2 Å². The highest BCUT2D eigenvalue weighted by Gasteiger charge is 2.32. The Labute approximate surface area is 352 Å². The molecule has 59 heavy (non-hydrogen) atoms. The molecule has 0 radical (unpaired) electrons. The average molecular weight is 837 g/mol. The summed E-state index contributed by atoms with van der Waals surface area (Å²) in [7, 11) is 0. The van der Waals surface area contributed by atoms with E-state index < -0.39 is 66.4 Å². The number of aliphatic hydroxyl groups excluding tert-OH is 1. The largest absolute Gasteiger partial charge is 0.480 e. The summed E-state index contributed by atoms with van der Waals surface area (Å²) in [5, 5.41) is 42.6. The van der Waals surface area contributed by atoms with Crippen molar-refractivity contribution in [2.75, 3.05) is 0 Å². The average Bonchev–Trinajstić information content (AvgIpc) is 3.16. The second kappa shape index (κ2) is 24.1. The van der Waals surface area contributed by atoms with Gasteiger partial charge in [-0.1, -0.05) is 113 Å². The highest BCUT2D eigenvalue weighted by Crippen LogP contribution is 2.27. The molecule has 3 amide bonds. The van der Waals surface area contributed by atoms with Gasteiger partial charge in [0, 0.05) is 5.92 Å². The first-order valence-corrected chi connectivity index (χ1v) is 19.9. The predicted molar refractivity (Wildman–Crippen MR) is 232 cm³/mol. The Morgan fingerprint density at radius 1 is 0.627 bits per heavy atom. The van der Waals surface area contributed by atoms with E-state index in [0.717, 1.165) is 32.7 Å². The molecule has 10 N–H and O–H groups in total. The number of halogens is 1. The van der Waals surface area contributed by atoms with Crippen LogP contribution in [0.2, 0.25) is 0 Å². The number of carbonyl (C=O) groups excluding carboxylic acids is 3.